The topological polar surface area (TPSA) is 9.23 Å². The Morgan fingerprint density at radius 1 is 1.56 bits per heavy atom. The molecule has 1 rings (SSSR count). The highest BCUT2D eigenvalue weighted by Gasteiger charge is 2.26. The van der Waals surface area contributed by atoms with Crippen molar-refractivity contribution in [1.82, 2.24) is 0 Å². The summed E-state index contributed by atoms with van der Waals surface area (Å²) in [5, 5.41) is 0. The minimum atomic E-state index is 0.104. The van der Waals surface area contributed by atoms with E-state index in [0.717, 1.165) is 19.4 Å². The van der Waals surface area contributed by atoms with Crippen LogP contribution in [-0.4, -0.2) is 17.0 Å². The average Bonchev–Trinajstić information content (AvgIpc) is 1.60. The minimum absolute atomic E-state index is 0.104. The van der Waals surface area contributed by atoms with Gasteiger partial charge in [0.2, 0.25) is 0 Å². The summed E-state index contributed by atoms with van der Waals surface area (Å²) in [6, 6.07) is 0. The Hall–Kier alpha value is 0.440. The summed E-state index contributed by atoms with van der Waals surface area (Å²) in [6.45, 7) is 5.18. The first-order chi connectivity index (χ1) is 4.10. The second kappa shape index (κ2) is 2.59. The van der Waals surface area contributed by atoms with Crippen LogP contribution in [0.5, 0.6) is 0 Å². The Morgan fingerprint density at radius 3 is 2.56 bits per heavy atom. The molecular weight excluding hydrogens is 180 g/mol. The van der Waals surface area contributed by atoms with E-state index >= 15 is 0 Å². The van der Waals surface area contributed by atoms with E-state index in [1.54, 1.807) is 0 Å². The lowest BCUT2D eigenvalue weighted by Crippen LogP contribution is -2.34. The van der Waals surface area contributed by atoms with Gasteiger partial charge in [-0.05, 0) is 26.7 Å². The van der Waals surface area contributed by atoms with Gasteiger partial charge in [0.05, 0.1) is 5.60 Å². The first kappa shape index (κ1) is 7.55. The monoisotopic (exact) mass is 192 g/mol. The van der Waals surface area contributed by atoms with E-state index in [1.807, 2.05) is 0 Å². The van der Waals surface area contributed by atoms with Crippen LogP contribution < -0.4 is 0 Å². The van der Waals surface area contributed by atoms with Gasteiger partial charge in [-0.3, -0.25) is 0 Å². The molecule has 54 valence electrons. The summed E-state index contributed by atoms with van der Waals surface area (Å²) < 4.78 is 5.51. The molecule has 0 aromatic heterocycles. The van der Waals surface area contributed by atoms with Crippen LogP contribution in [-0.2, 0) is 4.74 Å². The Kier molecular flexibility index (Phi) is 2.17. The SMILES string of the molecule is CC1(C)C[C@@H](Br)CCO1. The first-order valence-corrected chi connectivity index (χ1v) is 4.30. The summed E-state index contributed by atoms with van der Waals surface area (Å²) >= 11 is 3.58. The van der Waals surface area contributed by atoms with Gasteiger partial charge in [0.1, 0.15) is 0 Å². The summed E-state index contributed by atoms with van der Waals surface area (Å²) in [5.74, 6) is 0. The fourth-order valence-electron chi connectivity index (χ4n) is 1.16. The highest BCUT2D eigenvalue weighted by atomic mass is 79.9. The number of hydrogen-bond donors (Lipinski definition) is 0. The molecule has 0 aliphatic carbocycles. The zero-order valence-corrected chi connectivity index (χ0v) is 7.57. The third-order valence-corrected chi connectivity index (χ3v) is 2.42. The number of ether oxygens (including phenoxy) is 1. The fourth-order valence-corrected chi connectivity index (χ4v) is 2.12. The van der Waals surface area contributed by atoms with E-state index in [1.165, 1.54) is 0 Å². The van der Waals surface area contributed by atoms with Crippen LogP contribution in [0.2, 0.25) is 0 Å². The molecule has 1 saturated heterocycles. The lowest BCUT2D eigenvalue weighted by molar-refractivity contribution is -0.0478. The van der Waals surface area contributed by atoms with Crippen LogP contribution in [0.4, 0.5) is 0 Å². The van der Waals surface area contributed by atoms with E-state index in [4.69, 9.17) is 4.74 Å². The van der Waals surface area contributed by atoms with Crippen LogP contribution in [0.1, 0.15) is 26.7 Å². The molecule has 1 fully saturated rings. The largest absolute Gasteiger partial charge is 0.375 e. The second-order valence-corrected chi connectivity index (χ2v) is 4.49. The highest BCUT2D eigenvalue weighted by Crippen LogP contribution is 2.27. The van der Waals surface area contributed by atoms with Crippen molar-refractivity contribution in [1.29, 1.82) is 0 Å². The van der Waals surface area contributed by atoms with Gasteiger partial charge in [0.15, 0.2) is 0 Å². The molecule has 0 unspecified atom stereocenters. The molecule has 0 radical (unpaired) electrons. The number of hydrogen-bond acceptors (Lipinski definition) is 1. The van der Waals surface area contributed by atoms with Crippen LogP contribution >= 0.6 is 15.9 Å². The molecule has 0 bridgehead atoms. The number of halogens is 1. The maximum Gasteiger partial charge on any atom is 0.0637 e. The Morgan fingerprint density at radius 2 is 2.22 bits per heavy atom. The van der Waals surface area contributed by atoms with Crippen LogP contribution in [0.3, 0.4) is 0 Å². The van der Waals surface area contributed by atoms with Crippen molar-refractivity contribution < 1.29 is 4.74 Å². The Balaban J connectivity index is 2.41. The molecule has 0 amide bonds. The number of alkyl halides is 1. The van der Waals surface area contributed by atoms with E-state index in [9.17, 15) is 0 Å². The van der Waals surface area contributed by atoms with Gasteiger partial charge >= 0.3 is 0 Å². The van der Waals surface area contributed by atoms with Gasteiger partial charge in [-0.1, -0.05) is 15.9 Å². The van der Waals surface area contributed by atoms with Crippen molar-refractivity contribution in [3.8, 4) is 0 Å². The van der Waals surface area contributed by atoms with Gasteiger partial charge in [0.25, 0.3) is 0 Å². The average molecular weight is 193 g/mol. The van der Waals surface area contributed by atoms with Gasteiger partial charge in [-0.2, -0.15) is 0 Å². The summed E-state index contributed by atoms with van der Waals surface area (Å²) in [7, 11) is 0. The summed E-state index contributed by atoms with van der Waals surface area (Å²) in [4.78, 5) is 0.668. The predicted molar refractivity (Wildman–Crippen MR) is 42.0 cm³/mol. The highest BCUT2D eigenvalue weighted by molar-refractivity contribution is 9.09. The molecule has 0 aromatic carbocycles. The van der Waals surface area contributed by atoms with Crippen molar-refractivity contribution in [2.75, 3.05) is 6.61 Å². The minimum Gasteiger partial charge on any atom is -0.375 e. The third-order valence-electron chi connectivity index (χ3n) is 1.64. The van der Waals surface area contributed by atoms with Gasteiger partial charge in [-0.15, -0.1) is 0 Å². The van der Waals surface area contributed by atoms with Crippen molar-refractivity contribution in [2.45, 2.75) is 37.1 Å². The molecule has 1 aliphatic heterocycles. The van der Waals surface area contributed by atoms with Crippen molar-refractivity contribution in [2.24, 2.45) is 0 Å². The molecule has 0 saturated carbocycles. The molecular formula is C7H13BrO. The standard InChI is InChI=1S/C7H13BrO/c1-7(2)5-6(8)3-4-9-7/h6H,3-5H2,1-2H3/t6-/m0/s1. The molecule has 1 atom stereocenters. The predicted octanol–water partition coefficient (Wildman–Crippen LogP) is 2.34. The van der Waals surface area contributed by atoms with E-state index in [2.05, 4.69) is 29.8 Å². The maximum absolute atomic E-state index is 5.51. The van der Waals surface area contributed by atoms with E-state index in [-0.39, 0.29) is 5.60 Å². The summed E-state index contributed by atoms with van der Waals surface area (Å²) in [5.41, 5.74) is 0.104. The maximum atomic E-state index is 5.51. The Labute approximate surface area is 64.9 Å². The lowest BCUT2D eigenvalue weighted by Gasteiger charge is -2.32. The van der Waals surface area contributed by atoms with E-state index < -0.39 is 0 Å². The van der Waals surface area contributed by atoms with Crippen LogP contribution in [0.25, 0.3) is 0 Å². The molecule has 1 heterocycles. The molecule has 9 heavy (non-hydrogen) atoms. The quantitative estimate of drug-likeness (QED) is 0.536. The zero-order chi connectivity index (χ0) is 6.91. The summed E-state index contributed by atoms with van der Waals surface area (Å²) in [6.07, 6.45) is 2.29. The number of rotatable bonds is 0. The molecule has 1 aliphatic rings. The smallest absolute Gasteiger partial charge is 0.0637 e. The molecule has 0 N–H and O–H groups in total. The van der Waals surface area contributed by atoms with Crippen molar-refractivity contribution in [3.63, 3.8) is 0 Å². The Bertz CT molecular complexity index is 101. The normalized spacial score (nSPS) is 34.3. The van der Waals surface area contributed by atoms with Crippen LogP contribution in [0, 0.1) is 0 Å². The fraction of sp³-hybridized carbons (Fsp3) is 1.00. The van der Waals surface area contributed by atoms with Crippen molar-refractivity contribution >= 4 is 15.9 Å². The third kappa shape index (κ3) is 2.26. The first-order valence-electron chi connectivity index (χ1n) is 3.38. The lowest BCUT2D eigenvalue weighted by atomic mass is 9.99. The molecule has 2 heteroatoms. The molecule has 0 aromatic rings. The molecule has 0 spiro atoms. The van der Waals surface area contributed by atoms with Gasteiger partial charge < -0.3 is 4.74 Å². The van der Waals surface area contributed by atoms with Gasteiger partial charge in [-0.25, -0.2) is 0 Å². The zero-order valence-electron chi connectivity index (χ0n) is 5.98. The second-order valence-electron chi connectivity index (χ2n) is 3.20. The van der Waals surface area contributed by atoms with E-state index in [0.29, 0.717) is 4.83 Å². The molecule has 1 nitrogen and oxygen atoms in total. The van der Waals surface area contributed by atoms with Crippen molar-refractivity contribution in [3.05, 3.63) is 0 Å². The van der Waals surface area contributed by atoms with Gasteiger partial charge in [0, 0.05) is 11.4 Å². The van der Waals surface area contributed by atoms with Crippen LogP contribution in [0.15, 0.2) is 0 Å².